The van der Waals surface area contributed by atoms with Gasteiger partial charge in [0.1, 0.15) is 11.3 Å². The smallest absolute Gasteiger partial charge is 0.264 e. The van der Waals surface area contributed by atoms with Crippen molar-refractivity contribution in [1.82, 2.24) is 10.3 Å². The number of carbonyl (C=O) groups is 1. The highest BCUT2D eigenvalue weighted by atomic mass is 32.2. The van der Waals surface area contributed by atoms with Gasteiger partial charge in [-0.3, -0.25) is 13.9 Å². The second kappa shape index (κ2) is 8.81. The summed E-state index contributed by atoms with van der Waals surface area (Å²) in [6.07, 6.45) is 1.34. The van der Waals surface area contributed by atoms with Crippen LogP contribution in [0.25, 0.3) is 10.9 Å². The molecular weight excluding hydrogens is 418 g/mol. The molecule has 3 rings (SSSR count). The van der Waals surface area contributed by atoms with E-state index in [0.29, 0.717) is 23.6 Å². The van der Waals surface area contributed by atoms with Gasteiger partial charge in [-0.25, -0.2) is 8.42 Å². The molecule has 1 amide bonds. The molecule has 0 aliphatic carbocycles. The molecule has 1 aromatic heterocycles. The van der Waals surface area contributed by atoms with Crippen LogP contribution in [-0.4, -0.2) is 39.0 Å². The quantitative estimate of drug-likeness (QED) is 0.584. The van der Waals surface area contributed by atoms with E-state index < -0.39 is 21.4 Å². The van der Waals surface area contributed by atoms with Crippen molar-refractivity contribution in [2.24, 2.45) is 0 Å². The van der Waals surface area contributed by atoms with Gasteiger partial charge >= 0.3 is 0 Å². The largest absolute Gasteiger partial charge is 0.494 e. The first kappa shape index (κ1) is 22.4. The molecule has 2 aromatic carbocycles. The molecule has 31 heavy (non-hydrogen) atoms. The molecule has 0 saturated heterocycles. The molecule has 0 atom stereocenters. The van der Waals surface area contributed by atoms with Gasteiger partial charge in [0.2, 0.25) is 5.43 Å². The van der Waals surface area contributed by atoms with Crippen LogP contribution in [0.15, 0.2) is 58.4 Å². The van der Waals surface area contributed by atoms with Gasteiger partial charge in [-0.05, 0) is 63.2 Å². The Hall–Kier alpha value is -3.33. The van der Waals surface area contributed by atoms with E-state index in [0.717, 1.165) is 4.31 Å². The maximum Gasteiger partial charge on any atom is 0.264 e. The third-order valence-electron chi connectivity index (χ3n) is 4.69. The number of fused-ring (bicyclic) bond motifs is 1. The lowest BCUT2D eigenvalue weighted by Gasteiger charge is -2.20. The summed E-state index contributed by atoms with van der Waals surface area (Å²) < 4.78 is 32.9. The minimum Gasteiger partial charge on any atom is -0.494 e. The van der Waals surface area contributed by atoms with Crippen LogP contribution in [0, 0.1) is 0 Å². The molecule has 3 aromatic rings. The Morgan fingerprint density at radius 3 is 2.45 bits per heavy atom. The molecule has 0 unspecified atom stereocenters. The van der Waals surface area contributed by atoms with Gasteiger partial charge in [-0.1, -0.05) is 0 Å². The number of aromatic nitrogens is 1. The molecule has 0 aliphatic rings. The monoisotopic (exact) mass is 443 g/mol. The summed E-state index contributed by atoms with van der Waals surface area (Å²) in [4.78, 5) is 28.0. The number of anilines is 1. The van der Waals surface area contributed by atoms with E-state index in [1.807, 2.05) is 6.92 Å². The third-order valence-corrected chi connectivity index (χ3v) is 6.47. The second-order valence-corrected chi connectivity index (χ2v) is 9.24. The Bertz CT molecular complexity index is 1260. The standard InChI is InChI=1S/C22H25N3O5S/c1-5-30-16-8-6-15(7-9-16)25(4)31(28,29)17-10-11-20-18(12-17)21(26)19(13-23-20)22(27)24-14(2)3/h6-14H,5H2,1-4H3,(H,23,26)(H,24,27). The zero-order chi connectivity index (χ0) is 22.8. The van der Waals surface area contributed by atoms with Crippen LogP contribution in [0.3, 0.4) is 0 Å². The number of carbonyl (C=O) groups excluding carboxylic acids is 1. The number of aromatic amines is 1. The van der Waals surface area contributed by atoms with Gasteiger partial charge in [-0.2, -0.15) is 0 Å². The number of rotatable bonds is 7. The van der Waals surface area contributed by atoms with Crippen LogP contribution >= 0.6 is 0 Å². The first-order valence-corrected chi connectivity index (χ1v) is 11.3. The molecule has 1 heterocycles. The van der Waals surface area contributed by atoms with Crippen LogP contribution in [0.4, 0.5) is 5.69 Å². The molecule has 0 fully saturated rings. The summed E-state index contributed by atoms with van der Waals surface area (Å²) in [6.45, 7) is 5.95. The molecule has 9 heteroatoms. The lowest BCUT2D eigenvalue weighted by atomic mass is 10.1. The van der Waals surface area contributed by atoms with Gasteiger partial charge < -0.3 is 15.0 Å². The number of pyridine rings is 1. The van der Waals surface area contributed by atoms with Crippen LogP contribution < -0.4 is 19.8 Å². The van der Waals surface area contributed by atoms with Crippen molar-refractivity contribution < 1.29 is 17.9 Å². The van der Waals surface area contributed by atoms with E-state index in [1.165, 1.54) is 31.4 Å². The summed E-state index contributed by atoms with van der Waals surface area (Å²) >= 11 is 0. The van der Waals surface area contributed by atoms with E-state index in [1.54, 1.807) is 38.1 Å². The van der Waals surface area contributed by atoms with Crippen molar-refractivity contribution in [1.29, 1.82) is 0 Å². The third kappa shape index (κ3) is 4.56. The number of amides is 1. The first-order chi connectivity index (χ1) is 14.6. The van der Waals surface area contributed by atoms with Crippen molar-refractivity contribution in [3.05, 3.63) is 64.4 Å². The molecule has 0 bridgehead atoms. The van der Waals surface area contributed by atoms with Crippen LogP contribution in [0.2, 0.25) is 0 Å². The zero-order valence-electron chi connectivity index (χ0n) is 17.8. The fourth-order valence-corrected chi connectivity index (χ4v) is 4.30. The predicted octanol–water partition coefficient (Wildman–Crippen LogP) is 2.89. The minimum absolute atomic E-state index is 0.0525. The molecule has 0 radical (unpaired) electrons. The molecule has 0 saturated carbocycles. The van der Waals surface area contributed by atoms with Gasteiger partial charge in [0.15, 0.2) is 0 Å². The highest BCUT2D eigenvalue weighted by Crippen LogP contribution is 2.25. The Labute approximate surface area is 180 Å². The second-order valence-electron chi connectivity index (χ2n) is 7.27. The maximum absolute atomic E-state index is 13.2. The van der Waals surface area contributed by atoms with Crippen LogP contribution in [-0.2, 0) is 10.0 Å². The van der Waals surface area contributed by atoms with E-state index >= 15 is 0 Å². The number of nitrogens with zero attached hydrogens (tertiary/aromatic N) is 1. The number of hydrogen-bond acceptors (Lipinski definition) is 5. The fourth-order valence-electron chi connectivity index (χ4n) is 3.08. The summed E-state index contributed by atoms with van der Waals surface area (Å²) in [7, 11) is -2.50. The summed E-state index contributed by atoms with van der Waals surface area (Å²) in [5.41, 5.74) is 0.277. The molecular formula is C22H25N3O5S. The number of benzene rings is 2. The number of H-pyrrole nitrogens is 1. The van der Waals surface area contributed by atoms with Crippen molar-refractivity contribution >= 4 is 32.5 Å². The van der Waals surface area contributed by atoms with E-state index in [-0.39, 0.29) is 21.9 Å². The number of ether oxygens (including phenoxy) is 1. The molecule has 0 aliphatic heterocycles. The highest BCUT2D eigenvalue weighted by Gasteiger charge is 2.23. The average Bonchev–Trinajstić information content (AvgIpc) is 2.73. The first-order valence-electron chi connectivity index (χ1n) is 9.83. The SMILES string of the molecule is CCOc1ccc(N(C)S(=O)(=O)c2ccc3[nH]cc(C(=O)NC(C)C)c(=O)c3c2)cc1. The predicted molar refractivity (Wildman–Crippen MR) is 120 cm³/mol. The molecule has 8 nitrogen and oxygen atoms in total. The average molecular weight is 444 g/mol. The van der Waals surface area contributed by atoms with E-state index in [9.17, 15) is 18.0 Å². The lowest BCUT2D eigenvalue weighted by molar-refractivity contribution is 0.0942. The Morgan fingerprint density at radius 2 is 1.84 bits per heavy atom. The molecule has 164 valence electrons. The van der Waals surface area contributed by atoms with Crippen molar-refractivity contribution in [3.63, 3.8) is 0 Å². The minimum atomic E-state index is -3.94. The topological polar surface area (TPSA) is 109 Å². The van der Waals surface area contributed by atoms with Crippen molar-refractivity contribution in [2.75, 3.05) is 18.0 Å². The maximum atomic E-state index is 13.2. The summed E-state index contributed by atoms with van der Waals surface area (Å²) in [5.74, 6) is 0.124. The van der Waals surface area contributed by atoms with Crippen LogP contribution in [0.5, 0.6) is 5.75 Å². The van der Waals surface area contributed by atoms with E-state index in [4.69, 9.17) is 4.74 Å². The normalized spacial score (nSPS) is 11.5. The summed E-state index contributed by atoms with van der Waals surface area (Å²) in [5, 5.41) is 2.79. The highest BCUT2D eigenvalue weighted by molar-refractivity contribution is 7.92. The number of sulfonamides is 1. The lowest BCUT2D eigenvalue weighted by Crippen LogP contribution is -2.33. The van der Waals surface area contributed by atoms with Crippen molar-refractivity contribution in [3.8, 4) is 5.75 Å². The zero-order valence-corrected chi connectivity index (χ0v) is 18.6. The fraction of sp³-hybridized carbons (Fsp3) is 0.273. The Balaban J connectivity index is 2.01. The van der Waals surface area contributed by atoms with E-state index in [2.05, 4.69) is 10.3 Å². The van der Waals surface area contributed by atoms with Gasteiger partial charge in [0.05, 0.1) is 17.2 Å². The Kier molecular flexibility index (Phi) is 6.35. The van der Waals surface area contributed by atoms with Gasteiger partial charge in [-0.15, -0.1) is 0 Å². The molecule has 2 N–H and O–H groups in total. The Morgan fingerprint density at radius 1 is 1.16 bits per heavy atom. The van der Waals surface area contributed by atoms with Gasteiger partial charge in [0, 0.05) is 30.2 Å². The number of hydrogen-bond donors (Lipinski definition) is 2. The van der Waals surface area contributed by atoms with Crippen LogP contribution in [0.1, 0.15) is 31.1 Å². The van der Waals surface area contributed by atoms with Crippen molar-refractivity contribution in [2.45, 2.75) is 31.7 Å². The summed E-state index contributed by atoms with van der Waals surface area (Å²) in [6, 6.07) is 10.8. The number of nitrogens with one attached hydrogen (secondary N) is 2. The van der Waals surface area contributed by atoms with Gasteiger partial charge in [0.25, 0.3) is 15.9 Å². The molecule has 0 spiro atoms.